The number of phenols is 1. The number of benzene rings is 2. The van der Waals surface area contributed by atoms with Crippen molar-refractivity contribution in [3.8, 4) is 5.75 Å². The maximum Gasteiger partial charge on any atom is 0.115 e. The highest BCUT2D eigenvalue weighted by Gasteiger charge is 1.80. The van der Waals surface area contributed by atoms with Gasteiger partial charge in [-0.3, -0.25) is 0 Å². The minimum Gasteiger partial charge on any atom is -0.508 e. The molecule has 0 aliphatic rings. The van der Waals surface area contributed by atoms with Crippen molar-refractivity contribution < 1.29 is 5.11 Å². The number of rotatable bonds is 1. The van der Waals surface area contributed by atoms with Gasteiger partial charge in [0.2, 0.25) is 0 Å². The maximum atomic E-state index is 8.63. The summed E-state index contributed by atoms with van der Waals surface area (Å²) in [7, 11) is 0. The molecule has 2 aromatic rings. The molecule has 16 heavy (non-hydrogen) atoms. The van der Waals surface area contributed by atoms with Crippen LogP contribution in [0.25, 0.3) is 0 Å². The van der Waals surface area contributed by atoms with Crippen LogP contribution in [0.2, 0.25) is 0 Å². The van der Waals surface area contributed by atoms with Crippen LogP contribution in [0.15, 0.2) is 60.7 Å². The second kappa shape index (κ2) is 8.86. The lowest BCUT2D eigenvalue weighted by atomic mass is 10.2. The molecule has 2 rings (SSSR count). The second-order valence-electron chi connectivity index (χ2n) is 3.17. The predicted octanol–water partition coefficient (Wildman–Crippen LogP) is 3.75. The van der Waals surface area contributed by atoms with Crippen LogP contribution < -0.4 is 0 Å². The minimum absolute atomic E-state index is 0. The van der Waals surface area contributed by atoms with Crippen LogP contribution in [-0.4, -0.2) is 5.11 Å². The van der Waals surface area contributed by atoms with Crippen LogP contribution in [0.3, 0.4) is 0 Å². The Labute approximate surface area is 104 Å². The zero-order valence-corrected chi connectivity index (χ0v) is 10.4. The van der Waals surface area contributed by atoms with E-state index in [2.05, 4.69) is 31.2 Å². The summed E-state index contributed by atoms with van der Waals surface area (Å²) in [6.45, 7) is 2.16. The average molecular weight is 234 g/mol. The Balaban J connectivity index is 0.000000267. The van der Waals surface area contributed by atoms with Crippen LogP contribution in [-0.2, 0) is 6.42 Å². The summed E-state index contributed by atoms with van der Waals surface area (Å²) in [4.78, 5) is 0. The Morgan fingerprint density at radius 3 is 1.50 bits per heavy atom. The van der Waals surface area contributed by atoms with Gasteiger partial charge in [0.05, 0.1) is 0 Å². The smallest absolute Gasteiger partial charge is 0.115 e. The van der Waals surface area contributed by atoms with Gasteiger partial charge in [0.25, 0.3) is 0 Å². The van der Waals surface area contributed by atoms with Crippen LogP contribution in [0.1, 0.15) is 12.5 Å². The Kier molecular flexibility index (Phi) is 8.08. The molecule has 1 N–H and O–H groups in total. The van der Waals surface area contributed by atoms with Crippen LogP contribution in [0, 0.1) is 0 Å². The lowest BCUT2D eigenvalue weighted by Gasteiger charge is -1.89. The standard InChI is InChI=1S/C8H10.C6H6O.H2S/c1-2-8-6-4-3-5-7-8;7-6-4-2-1-3-5-6;/h3-7H,2H2,1H3;1-5,7H;1H2. The quantitative estimate of drug-likeness (QED) is 0.796. The van der Waals surface area contributed by atoms with Gasteiger partial charge in [-0.2, -0.15) is 13.5 Å². The predicted molar refractivity (Wildman–Crippen MR) is 74.3 cm³/mol. The molecule has 0 radical (unpaired) electrons. The number of hydrogen-bond acceptors (Lipinski definition) is 1. The summed E-state index contributed by atoms with van der Waals surface area (Å²) in [6, 6.07) is 19.2. The number of hydrogen-bond donors (Lipinski definition) is 1. The fourth-order valence-corrected chi connectivity index (χ4v) is 1.14. The van der Waals surface area contributed by atoms with E-state index in [4.69, 9.17) is 5.11 Å². The molecule has 2 aromatic carbocycles. The maximum absolute atomic E-state index is 8.63. The van der Waals surface area contributed by atoms with Crippen molar-refractivity contribution in [2.75, 3.05) is 0 Å². The van der Waals surface area contributed by atoms with E-state index in [0.717, 1.165) is 6.42 Å². The SMILES string of the molecule is CCc1ccccc1.Oc1ccccc1.S. The van der Waals surface area contributed by atoms with Gasteiger partial charge in [-0.15, -0.1) is 0 Å². The van der Waals surface area contributed by atoms with Gasteiger partial charge in [-0.1, -0.05) is 55.5 Å². The van der Waals surface area contributed by atoms with E-state index in [-0.39, 0.29) is 13.5 Å². The molecule has 0 atom stereocenters. The first-order chi connectivity index (χ1) is 7.33. The fraction of sp³-hybridized carbons (Fsp3) is 0.143. The van der Waals surface area contributed by atoms with E-state index in [0.29, 0.717) is 5.75 Å². The molecule has 0 aliphatic heterocycles. The highest BCUT2D eigenvalue weighted by atomic mass is 32.1. The van der Waals surface area contributed by atoms with Gasteiger partial charge >= 0.3 is 0 Å². The number of aryl methyl sites for hydroxylation is 1. The van der Waals surface area contributed by atoms with Crippen LogP contribution in [0.5, 0.6) is 5.75 Å². The first-order valence-electron chi connectivity index (χ1n) is 5.11. The lowest BCUT2D eigenvalue weighted by molar-refractivity contribution is 0.475. The third-order valence-corrected chi connectivity index (χ3v) is 2.01. The summed E-state index contributed by atoms with van der Waals surface area (Å²) < 4.78 is 0. The summed E-state index contributed by atoms with van der Waals surface area (Å²) in [5, 5.41) is 8.63. The Morgan fingerprint density at radius 2 is 1.25 bits per heavy atom. The second-order valence-corrected chi connectivity index (χ2v) is 3.17. The first-order valence-corrected chi connectivity index (χ1v) is 5.11. The van der Waals surface area contributed by atoms with Crippen molar-refractivity contribution in [3.05, 3.63) is 66.2 Å². The van der Waals surface area contributed by atoms with E-state index in [1.807, 2.05) is 12.1 Å². The molecule has 0 amide bonds. The van der Waals surface area contributed by atoms with Gasteiger partial charge < -0.3 is 5.11 Å². The van der Waals surface area contributed by atoms with Crippen LogP contribution >= 0.6 is 13.5 Å². The van der Waals surface area contributed by atoms with Crippen molar-refractivity contribution in [2.45, 2.75) is 13.3 Å². The van der Waals surface area contributed by atoms with Crippen molar-refractivity contribution in [3.63, 3.8) is 0 Å². The summed E-state index contributed by atoms with van der Waals surface area (Å²) in [5.74, 6) is 0.322. The largest absolute Gasteiger partial charge is 0.508 e. The first kappa shape index (κ1) is 14.6. The molecule has 0 aliphatic carbocycles. The highest BCUT2D eigenvalue weighted by Crippen LogP contribution is 2.02. The van der Waals surface area contributed by atoms with Gasteiger partial charge in [-0.05, 0) is 24.1 Å². The normalized spacial score (nSPS) is 8.31. The molecular formula is C14H18OS. The van der Waals surface area contributed by atoms with E-state index in [1.165, 1.54) is 5.56 Å². The zero-order chi connectivity index (χ0) is 10.9. The zero-order valence-electron chi connectivity index (χ0n) is 9.43. The van der Waals surface area contributed by atoms with E-state index in [1.54, 1.807) is 24.3 Å². The molecule has 2 heteroatoms. The highest BCUT2D eigenvalue weighted by molar-refractivity contribution is 7.59. The third-order valence-electron chi connectivity index (χ3n) is 2.01. The molecule has 0 spiro atoms. The van der Waals surface area contributed by atoms with Gasteiger partial charge in [-0.25, -0.2) is 0 Å². The van der Waals surface area contributed by atoms with Crippen LogP contribution in [0.4, 0.5) is 0 Å². The van der Waals surface area contributed by atoms with Crippen molar-refractivity contribution in [1.82, 2.24) is 0 Å². The molecule has 0 heterocycles. The molecule has 0 fully saturated rings. The molecule has 86 valence electrons. The summed E-state index contributed by atoms with van der Waals surface area (Å²) >= 11 is 0. The molecule has 0 saturated heterocycles. The number of para-hydroxylation sites is 1. The molecule has 0 saturated carbocycles. The minimum atomic E-state index is 0. The van der Waals surface area contributed by atoms with E-state index in [9.17, 15) is 0 Å². The molecule has 0 aromatic heterocycles. The number of phenolic OH excluding ortho intramolecular Hbond substituents is 1. The summed E-state index contributed by atoms with van der Waals surface area (Å²) in [6.07, 6.45) is 1.14. The fourth-order valence-electron chi connectivity index (χ4n) is 1.14. The number of aromatic hydroxyl groups is 1. The summed E-state index contributed by atoms with van der Waals surface area (Å²) in [5.41, 5.74) is 1.41. The van der Waals surface area contributed by atoms with E-state index < -0.39 is 0 Å². The molecular weight excluding hydrogens is 216 g/mol. The average Bonchev–Trinajstić information content (AvgIpc) is 2.32. The topological polar surface area (TPSA) is 20.2 Å². The molecule has 1 nitrogen and oxygen atoms in total. The van der Waals surface area contributed by atoms with Crippen molar-refractivity contribution >= 4 is 13.5 Å². The molecule has 0 bridgehead atoms. The Hall–Kier alpha value is -1.41. The lowest BCUT2D eigenvalue weighted by Crippen LogP contribution is -1.73. The van der Waals surface area contributed by atoms with Crippen molar-refractivity contribution in [2.24, 2.45) is 0 Å². The Morgan fingerprint density at radius 1 is 0.812 bits per heavy atom. The van der Waals surface area contributed by atoms with Gasteiger partial charge in [0.1, 0.15) is 5.75 Å². The van der Waals surface area contributed by atoms with E-state index >= 15 is 0 Å². The van der Waals surface area contributed by atoms with Gasteiger partial charge in [0, 0.05) is 0 Å². The van der Waals surface area contributed by atoms with Crippen molar-refractivity contribution in [1.29, 1.82) is 0 Å². The van der Waals surface area contributed by atoms with Gasteiger partial charge in [0.15, 0.2) is 0 Å². The molecule has 0 unspecified atom stereocenters. The third kappa shape index (κ3) is 6.14. The monoisotopic (exact) mass is 234 g/mol. The Bertz CT molecular complexity index is 359.